The standard InChI is InChI=1S/C40H40F3N9O5/c1-49-36-29(3-2-4-32(36)52(39(49)56)33-9-10-35(53)47-38(33)55)25-11-13-50(14-12-25)21-23-5-7-28(8-6-23)51-22-27-16-31(34(17-30(27)48-51)57-40(41,42)43)46-37(54)26-15-24(18-44)19-45-20-26/h2-4,15-17,19-20,22-23,25,28,33H,5-14,21H2,1H3,(H,46,54)(H,47,53,55). The summed E-state index contributed by atoms with van der Waals surface area (Å²) >= 11 is 0. The van der Waals surface area contributed by atoms with Crippen molar-refractivity contribution in [3.63, 3.8) is 0 Å². The highest BCUT2D eigenvalue weighted by atomic mass is 19.4. The number of nitriles is 1. The number of fused-ring (bicyclic) bond motifs is 2. The van der Waals surface area contributed by atoms with Crippen LogP contribution >= 0.6 is 0 Å². The number of aromatic nitrogens is 5. The molecule has 0 spiro atoms. The van der Waals surface area contributed by atoms with Crippen LogP contribution in [0.1, 0.15) is 90.9 Å². The Kier molecular flexibility index (Phi) is 10.1. The van der Waals surface area contributed by atoms with Gasteiger partial charge in [0.15, 0.2) is 5.75 Å². The van der Waals surface area contributed by atoms with E-state index in [2.05, 4.69) is 36.4 Å². The van der Waals surface area contributed by atoms with Gasteiger partial charge in [-0.2, -0.15) is 10.4 Å². The number of carbonyl (C=O) groups excluding carboxylic acids is 3. The summed E-state index contributed by atoms with van der Waals surface area (Å²) in [6.07, 6.45) is 5.24. The van der Waals surface area contributed by atoms with Crippen LogP contribution in [-0.4, -0.2) is 72.5 Å². The number of imide groups is 1. The van der Waals surface area contributed by atoms with Gasteiger partial charge in [-0.3, -0.25) is 38.5 Å². The molecule has 1 aliphatic carbocycles. The first-order chi connectivity index (χ1) is 27.3. The fourth-order valence-corrected chi connectivity index (χ4v) is 8.80. The number of amides is 3. The average molecular weight is 784 g/mol. The fraction of sp³-hybridized carbons (Fsp3) is 0.425. The Morgan fingerprint density at radius 1 is 1.04 bits per heavy atom. The lowest BCUT2D eigenvalue weighted by Crippen LogP contribution is -2.44. The Hall–Kier alpha value is -6.02. The molecule has 1 saturated carbocycles. The summed E-state index contributed by atoms with van der Waals surface area (Å²) in [6.45, 7) is 2.78. The molecule has 8 rings (SSSR count). The molecule has 2 N–H and O–H groups in total. The van der Waals surface area contributed by atoms with Gasteiger partial charge >= 0.3 is 12.1 Å². The number of likely N-dealkylation sites (tertiary alicyclic amines) is 1. The molecule has 0 bridgehead atoms. The van der Waals surface area contributed by atoms with Gasteiger partial charge in [0.05, 0.1) is 39.4 Å². The van der Waals surface area contributed by atoms with Gasteiger partial charge in [0.2, 0.25) is 11.8 Å². The van der Waals surface area contributed by atoms with Crippen LogP contribution in [0.4, 0.5) is 18.9 Å². The van der Waals surface area contributed by atoms with Crippen LogP contribution in [-0.2, 0) is 16.6 Å². The highest BCUT2D eigenvalue weighted by Crippen LogP contribution is 2.39. The van der Waals surface area contributed by atoms with Crippen LogP contribution in [0.15, 0.2) is 59.8 Å². The summed E-state index contributed by atoms with van der Waals surface area (Å²) < 4.78 is 49.4. The van der Waals surface area contributed by atoms with Gasteiger partial charge in [0.25, 0.3) is 5.91 Å². The van der Waals surface area contributed by atoms with Crippen LogP contribution in [0, 0.1) is 17.2 Å². The Morgan fingerprint density at radius 2 is 1.81 bits per heavy atom. The number of nitrogens with zero attached hydrogens (tertiary/aromatic N) is 7. The van der Waals surface area contributed by atoms with E-state index in [0.29, 0.717) is 22.3 Å². The zero-order valence-corrected chi connectivity index (χ0v) is 31.1. The molecule has 57 heavy (non-hydrogen) atoms. The predicted octanol–water partition coefficient (Wildman–Crippen LogP) is 5.70. The highest BCUT2D eigenvalue weighted by Gasteiger charge is 2.35. The molecule has 17 heteroatoms. The lowest BCUT2D eigenvalue weighted by Gasteiger charge is -2.37. The normalized spacial score (nSPS) is 21.1. The number of halogens is 3. The Bertz CT molecular complexity index is 2480. The number of rotatable bonds is 8. The summed E-state index contributed by atoms with van der Waals surface area (Å²) in [5, 5.41) is 19.1. The van der Waals surface area contributed by atoms with Crippen LogP contribution in [0.3, 0.4) is 0 Å². The van der Waals surface area contributed by atoms with E-state index in [1.165, 1.54) is 35.2 Å². The van der Waals surface area contributed by atoms with Gasteiger partial charge in [0.1, 0.15) is 12.1 Å². The third-order valence-electron chi connectivity index (χ3n) is 11.6. The molecule has 2 aromatic carbocycles. The SMILES string of the molecule is Cn1c(=O)n(C2CCC(=O)NC2=O)c2cccc(C3CCN(CC4CCC(n5cc6cc(NC(=O)c7cncc(C#N)c7)c(OC(F)(F)F)cc6n5)CC4)CC3)c21. The summed E-state index contributed by atoms with van der Waals surface area (Å²) in [7, 11) is 1.74. The van der Waals surface area contributed by atoms with E-state index >= 15 is 0 Å². The molecular weight excluding hydrogens is 743 g/mol. The van der Waals surface area contributed by atoms with E-state index in [9.17, 15) is 32.3 Å². The molecule has 3 aliphatic rings. The van der Waals surface area contributed by atoms with Gasteiger partial charge < -0.3 is 15.0 Å². The second-order valence-corrected chi connectivity index (χ2v) is 15.2. The summed E-state index contributed by atoms with van der Waals surface area (Å²) in [6, 6.07) is 11.0. The Balaban J connectivity index is 0.898. The number of benzene rings is 2. The second kappa shape index (κ2) is 15.1. The van der Waals surface area contributed by atoms with Crippen molar-refractivity contribution in [1.29, 1.82) is 5.26 Å². The van der Waals surface area contributed by atoms with Crippen LogP contribution in [0.25, 0.3) is 21.9 Å². The number of para-hydroxylation sites is 1. The van der Waals surface area contributed by atoms with Crippen molar-refractivity contribution < 1.29 is 32.3 Å². The number of nitrogens with one attached hydrogen (secondary N) is 2. The van der Waals surface area contributed by atoms with E-state index in [1.807, 2.05) is 18.2 Å². The molecule has 3 fully saturated rings. The monoisotopic (exact) mass is 783 g/mol. The molecule has 0 radical (unpaired) electrons. The molecule has 1 unspecified atom stereocenters. The third kappa shape index (κ3) is 7.73. The topological polar surface area (TPSA) is 169 Å². The number of carbonyl (C=O) groups is 3. The average Bonchev–Trinajstić information content (AvgIpc) is 3.72. The first-order valence-corrected chi connectivity index (χ1v) is 19.1. The number of anilines is 1. The number of aryl methyl sites for hydroxylation is 1. The molecule has 1 atom stereocenters. The van der Waals surface area contributed by atoms with E-state index in [1.54, 1.807) is 22.5 Å². The summed E-state index contributed by atoms with van der Waals surface area (Å²) in [5.41, 5.74) is 2.62. The molecule has 5 heterocycles. The minimum atomic E-state index is -5.01. The molecule has 5 aromatic rings. The first-order valence-electron chi connectivity index (χ1n) is 19.1. The van der Waals surface area contributed by atoms with Crippen LogP contribution in [0.5, 0.6) is 5.75 Å². The molecular formula is C40H40F3N9O5. The molecule has 14 nitrogen and oxygen atoms in total. The van der Waals surface area contributed by atoms with E-state index in [-0.39, 0.29) is 53.2 Å². The van der Waals surface area contributed by atoms with Gasteiger partial charge in [-0.1, -0.05) is 12.1 Å². The first kappa shape index (κ1) is 37.9. The highest BCUT2D eigenvalue weighted by molar-refractivity contribution is 6.06. The maximum Gasteiger partial charge on any atom is 0.573 e. The van der Waals surface area contributed by atoms with E-state index in [4.69, 9.17) is 5.26 Å². The number of alkyl halides is 3. The van der Waals surface area contributed by atoms with Crippen molar-refractivity contribution in [3.8, 4) is 11.8 Å². The minimum Gasteiger partial charge on any atom is -0.403 e. The molecule has 296 valence electrons. The minimum absolute atomic E-state index is 0.00824. The number of piperidine rings is 2. The maximum atomic E-state index is 13.4. The summed E-state index contributed by atoms with van der Waals surface area (Å²) in [4.78, 5) is 57.2. The Morgan fingerprint density at radius 3 is 2.53 bits per heavy atom. The Labute approximate surface area is 324 Å². The maximum absolute atomic E-state index is 13.4. The number of hydrogen-bond donors (Lipinski definition) is 2. The van der Waals surface area contributed by atoms with Crippen LogP contribution in [0.2, 0.25) is 0 Å². The van der Waals surface area contributed by atoms with Crippen molar-refractivity contribution in [2.24, 2.45) is 13.0 Å². The van der Waals surface area contributed by atoms with Gasteiger partial charge in [-0.05, 0) is 93.6 Å². The summed E-state index contributed by atoms with van der Waals surface area (Å²) in [5.74, 6) is -1.38. The lowest BCUT2D eigenvalue weighted by atomic mass is 9.84. The second-order valence-electron chi connectivity index (χ2n) is 15.2. The van der Waals surface area contributed by atoms with Crippen molar-refractivity contribution >= 4 is 45.3 Å². The van der Waals surface area contributed by atoms with Crippen molar-refractivity contribution in [2.45, 2.75) is 75.7 Å². The fourth-order valence-electron chi connectivity index (χ4n) is 8.80. The zero-order valence-electron chi connectivity index (χ0n) is 31.1. The van der Waals surface area contributed by atoms with Crippen molar-refractivity contribution in [1.82, 2.24) is 34.1 Å². The number of imidazole rings is 1. The van der Waals surface area contributed by atoms with Crippen molar-refractivity contribution in [2.75, 3.05) is 25.0 Å². The zero-order chi connectivity index (χ0) is 40.0. The third-order valence-corrected chi connectivity index (χ3v) is 11.6. The predicted molar refractivity (Wildman–Crippen MR) is 201 cm³/mol. The molecule has 2 saturated heterocycles. The van der Waals surface area contributed by atoms with Gasteiger partial charge in [-0.15, -0.1) is 13.2 Å². The quantitative estimate of drug-likeness (QED) is 0.188. The smallest absolute Gasteiger partial charge is 0.403 e. The van der Waals surface area contributed by atoms with Crippen LogP contribution < -0.4 is 21.1 Å². The lowest BCUT2D eigenvalue weighted by molar-refractivity contribution is -0.274. The van der Waals surface area contributed by atoms with E-state index < -0.39 is 30.0 Å². The number of pyridine rings is 1. The van der Waals surface area contributed by atoms with Gasteiger partial charge in [0, 0.05) is 50.1 Å². The number of hydrogen-bond acceptors (Lipinski definition) is 9. The molecule has 2 aliphatic heterocycles. The molecule has 3 aromatic heterocycles. The molecule has 3 amide bonds. The largest absolute Gasteiger partial charge is 0.573 e. The number of ether oxygens (including phenoxy) is 1. The van der Waals surface area contributed by atoms with E-state index in [0.717, 1.165) is 69.2 Å². The van der Waals surface area contributed by atoms with Crippen molar-refractivity contribution in [3.05, 3.63) is 82.2 Å². The van der Waals surface area contributed by atoms with Gasteiger partial charge in [-0.25, -0.2) is 4.79 Å².